The van der Waals surface area contributed by atoms with E-state index < -0.39 is 25.4 Å². The van der Waals surface area contributed by atoms with Crippen LogP contribution < -0.4 is 37.3 Å². The summed E-state index contributed by atoms with van der Waals surface area (Å²) < 4.78 is 71.6. The van der Waals surface area contributed by atoms with Gasteiger partial charge in [0.25, 0.3) is 0 Å². The highest BCUT2D eigenvalue weighted by Gasteiger charge is 2.30. The second-order valence-corrected chi connectivity index (χ2v) is 9.10. The number of nitrogens with one attached hydrogen (secondary N) is 1. The third-order valence-corrected chi connectivity index (χ3v) is 3.07. The molecule has 0 aromatic carbocycles. The molecule has 0 fully saturated rings. The van der Waals surface area contributed by atoms with Crippen LogP contribution in [0.2, 0.25) is 0 Å². The monoisotopic (exact) mass is 561 g/mol. The zero-order valence-corrected chi connectivity index (χ0v) is 22.3. The van der Waals surface area contributed by atoms with Gasteiger partial charge in [0.2, 0.25) is 0 Å². The van der Waals surface area contributed by atoms with Crippen molar-refractivity contribution in [2.24, 2.45) is 0 Å². The number of nitrogens with zero attached hydrogens (tertiary/aromatic N) is 6. The molecule has 0 saturated carbocycles. The Balaban J connectivity index is 0. The second-order valence-electron chi connectivity index (χ2n) is 7.59. The van der Waals surface area contributed by atoms with Crippen LogP contribution in [0.15, 0.2) is 12.4 Å². The molecule has 0 radical (unpaired) electrons. The van der Waals surface area contributed by atoms with Gasteiger partial charge in [0.1, 0.15) is 28.2 Å². The van der Waals surface area contributed by atoms with E-state index in [-0.39, 0.29) is 5.69 Å². The van der Waals surface area contributed by atoms with E-state index in [1.807, 2.05) is 87.7 Å². The van der Waals surface area contributed by atoms with Crippen molar-refractivity contribution in [2.45, 2.75) is 0 Å². The van der Waals surface area contributed by atoms with E-state index in [9.17, 15) is 10.1 Å². The first-order valence-electron chi connectivity index (χ1n) is 9.29. The Kier molecular flexibility index (Phi) is 15.2. The minimum absolute atomic E-state index is 0.0533. The van der Waals surface area contributed by atoms with Gasteiger partial charge in [-0.15, -0.1) is 20.5 Å². The lowest BCUT2D eigenvalue weighted by Crippen LogP contribution is -2.68. The van der Waals surface area contributed by atoms with Crippen LogP contribution in [-0.2, 0) is 0 Å². The van der Waals surface area contributed by atoms with Crippen LogP contribution in [-0.4, -0.2) is 103 Å². The molecule has 0 aliphatic heterocycles. The molecule has 36 heavy (non-hydrogen) atoms. The number of nitro groups is 1. The summed E-state index contributed by atoms with van der Waals surface area (Å²) in [7, 11) is 5.02. The van der Waals surface area contributed by atoms with Crippen molar-refractivity contribution in [1.82, 2.24) is 20.0 Å². The van der Waals surface area contributed by atoms with Gasteiger partial charge >= 0.3 is 5.69 Å². The molecule has 17 nitrogen and oxygen atoms in total. The number of halogens is 2. The SMILES string of the molecule is CN(C)/C=C(\C=[N+](C)C)c1n[nH]c(/C(C=[N+](C)C)=C/N(C)C)c1[N+](=O)[O-].[O-][Cl+3]([O-])([O-])[O-].[O-][Cl+3]([O-])([O-])[O-]. The van der Waals surface area contributed by atoms with Crippen molar-refractivity contribution in [1.29, 1.82) is 0 Å². The fourth-order valence-electron chi connectivity index (χ4n) is 2.35. The van der Waals surface area contributed by atoms with Gasteiger partial charge in [-0.1, -0.05) is 0 Å². The summed E-state index contributed by atoms with van der Waals surface area (Å²) in [5.74, 6) is 0. The topological polar surface area (TPSA) is 269 Å². The van der Waals surface area contributed by atoms with Crippen LogP contribution in [0.1, 0.15) is 11.4 Å². The maximum Gasteiger partial charge on any atom is 0.323 e. The van der Waals surface area contributed by atoms with Crippen LogP contribution in [0.4, 0.5) is 5.69 Å². The van der Waals surface area contributed by atoms with Gasteiger partial charge < -0.3 is 9.80 Å². The van der Waals surface area contributed by atoms with Crippen molar-refractivity contribution >= 4 is 29.3 Å². The number of aromatic nitrogens is 2. The Morgan fingerprint density at radius 3 is 1.42 bits per heavy atom. The van der Waals surface area contributed by atoms with E-state index in [4.69, 9.17) is 37.3 Å². The molecule has 1 aromatic heterocycles. The van der Waals surface area contributed by atoms with Crippen molar-refractivity contribution < 1.29 is 71.8 Å². The van der Waals surface area contributed by atoms with Crippen LogP contribution in [0.5, 0.6) is 0 Å². The molecule has 0 aliphatic carbocycles. The Bertz CT molecular complexity index is 888. The van der Waals surface area contributed by atoms with E-state index >= 15 is 0 Å². The van der Waals surface area contributed by atoms with E-state index in [0.717, 1.165) is 0 Å². The Hall–Kier alpha value is -2.71. The lowest BCUT2D eigenvalue weighted by atomic mass is 10.1. The van der Waals surface area contributed by atoms with Crippen LogP contribution in [0.3, 0.4) is 0 Å². The van der Waals surface area contributed by atoms with Crippen LogP contribution in [0.25, 0.3) is 11.1 Å². The van der Waals surface area contributed by atoms with Gasteiger partial charge in [-0.05, 0) is 0 Å². The van der Waals surface area contributed by atoms with Crippen molar-refractivity contribution in [2.75, 3.05) is 56.4 Å². The molecule has 0 atom stereocenters. The lowest BCUT2D eigenvalue weighted by molar-refractivity contribution is -2.00. The zero-order chi connectivity index (χ0) is 29.0. The molecule has 1 rings (SSSR count). The Morgan fingerprint density at radius 1 is 0.778 bits per heavy atom. The average Bonchev–Trinajstić information content (AvgIpc) is 3.01. The summed E-state index contributed by atoms with van der Waals surface area (Å²) in [5.41, 5.74) is 1.92. The largest absolute Gasteiger partial charge is 0.383 e. The van der Waals surface area contributed by atoms with Gasteiger partial charge in [0.15, 0.2) is 23.8 Å². The summed E-state index contributed by atoms with van der Waals surface area (Å²) >= 11 is 0. The molecule has 1 aromatic rings. The van der Waals surface area contributed by atoms with E-state index in [1.54, 1.807) is 12.4 Å². The first-order valence-corrected chi connectivity index (χ1v) is 11.8. The smallest absolute Gasteiger partial charge is 0.323 e. The molecule has 0 amide bonds. The highest BCUT2D eigenvalue weighted by atomic mass is 35.7. The Morgan fingerprint density at radius 2 is 1.11 bits per heavy atom. The molecule has 1 N–H and O–H groups in total. The molecule has 0 saturated heterocycles. The van der Waals surface area contributed by atoms with Gasteiger partial charge in [-0.25, -0.2) is 46.4 Å². The summed E-state index contributed by atoms with van der Waals surface area (Å²) in [6.45, 7) is 0. The molecule has 0 spiro atoms. The standard InChI is InChI=1S/C17H29N7O2.2ClHO4/c1-20(2)9-13(10-21(3)4)15-17(24(25)26)16(19-18-15)14(11-22(5)6)12-23(7)8;2*2-1(3,4)5/h9-12H,1-8H3,(H,18,19);2*(H,2,3,4,5)/q+2;;/p-2. The van der Waals surface area contributed by atoms with Gasteiger partial charge in [0.05, 0.1) is 16.1 Å². The molecule has 1 heterocycles. The third-order valence-electron chi connectivity index (χ3n) is 3.07. The minimum Gasteiger partial charge on any atom is -0.383 e. The van der Waals surface area contributed by atoms with E-state index in [1.165, 1.54) is 0 Å². The first-order chi connectivity index (χ1) is 16.0. The lowest BCUT2D eigenvalue weighted by Gasteiger charge is -2.17. The van der Waals surface area contributed by atoms with Crippen molar-refractivity contribution in [3.05, 3.63) is 33.9 Å². The number of H-pyrrole nitrogens is 1. The maximum atomic E-state index is 11.9. The van der Waals surface area contributed by atoms with Gasteiger partial charge in [-0.2, -0.15) is 5.10 Å². The van der Waals surface area contributed by atoms with E-state index in [0.29, 0.717) is 22.5 Å². The van der Waals surface area contributed by atoms with Gasteiger partial charge in [-0.3, -0.25) is 15.2 Å². The highest BCUT2D eigenvalue weighted by Crippen LogP contribution is 2.30. The number of rotatable bonds is 7. The van der Waals surface area contributed by atoms with Crippen LogP contribution in [0, 0.1) is 30.6 Å². The number of hydrogen-bond donors (Lipinski definition) is 1. The molecule has 0 unspecified atom stereocenters. The summed E-state index contributed by atoms with van der Waals surface area (Å²) in [5, 5.41) is 19.0. The number of allylic oxidation sites excluding steroid dienone is 2. The maximum absolute atomic E-state index is 11.9. The predicted molar refractivity (Wildman–Crippen MR) is 105 cm³/mol. The zero-order valence-electron chi connectivity index (χ0n) is 20.8. The fourth-order valence-corrected chi connectivity index (χ4v) is 2.35. The normalized spacial score (nSPS) is 11.9. The second kappa shape index (κ2) is 15.4. The average molecular weight is 562 g/mol. The van der Waals surface area contributed by atoms with E-state index in [2.05, 4.69) is 10.2 Å². The molecule has 206 valence electrons. The minimum atomic E-state index is -4.94. The summed E-state index contributed by atoms with van der Waals surface area (Å²) in [6.07, 6.45) is 7.24. The summed E-state index contributed by atoms with van der Waals surface area (Å²) in [6, 6.07) is 0. The Labute approximate surface area is 211 Å². The molecular formula is C17H29Cl2N7O10. The van der Waals surface area contributed by atoms with Crippen molar-refractivity contribution in [3.8, 4) is 0 Å². The number of aromatic amines is 1. The molecule has 0 bridgehead atoms. The molecule has 0 aliphatic rings. The predicted octanol–water partition coefficient (Wildman–Crippen LogP) is -8.70. The molecular weight excluding hydrogens is 533 g/mol. The van der Waals surface area contributed by atoms with Crippen molar-refractivity contribution in [3.63, 3.8) is 0 Å². The highest BCUT2D eigenvalue weighted by molar-refractivity contribution is 6.12. The third kappa shape index (κ3) is 19.6. The van der Waals surface area contributed by atoms with Gasteiger partial charge in [0, 0.05) is 40.6 Å². The quantitative estimate of drug-likeness (QED) is 0.140. The van der Waals surface area contributed by atoms with Crippen LogP contribution >= 0.6 is 0 Å². The first kappa shape index (κ1) is 35.5. The fraction of sp³-hybridized carbons (Fsp3) is 0.471. The number of hydrogen-bond acceptors (Lipinski definition) is 13. The molecule has 19 heteroatoms. The summed E-state index contributed by atoms with van der Waals surface area (Å²) in [4.78, 5) is 15.1.